The third kappa shape index (κ3) is 2.14. The molecule has 2 heterocycles. The van der Waals surface area contributed by atoms with Gasteiger partial charge in [0.1, 0.15) is 0 Å². The third-order valence-corrected chi connectivity index (χ3v) is 4.68. The van der Waals surface area contributed by atoms with Crippen LogP contribution in [0.4, 0.5) is 5.69 Å². The molecule has 0 amide bonds. The molecule has 3 N–H and O–H groups in total. The summed E-state index contributed by atoms with van der Waals surface area (Å²) >= 11 is 0. The number of benzene rings is 3. The number of nitrogens with one attached hydrogen (secondary N) is 1. The summed E-state index contributed by atoms with van der Waals surface area (Å²) in [5, 5.41) is 18.4. The first kappa shape index (κ1) is 14.6. The van der Waals surface area contributed by atoms with Gasteiger partial charge in [0, 0.05) is 16.8 Å². The van der Waals surface area contributed by atoms with Crippen molar-refractivity contribution in [3.05, 3.63) is 73.1 Å². The molecule has 0 aliphatic heterocycles. The van der Waals surface area contributed by atoms with Crippen LogP contribution < -0.4 is 5.73 Å². The number of rotatable bonds is 2. The molecule has 0 unspecified atom stereocenters. The van der Waals surface area contributed by atoms with E-state index in [1.807, 2.05) is 24.3 Å². The molecule has 124 valence electrons. The third-order valence-electron chi connectivity index (χ3n) is 4.68. The zero-order valence-corrected chi connectivity index (χ0v) is 13.8. The number of hydrogen-bond acceptors (Lipinski definition) is 4. The predicted molar refractivity (Wildman–Crippen MR) is 104 cm³/mol. The molecule has 2 aromatic heterocycles. The fourth-order valence-corrected chi connectivity index (χ4v) is 3.52. The van der Waals surface area contributed by atoms with Gasteiger partial charge in [-0.2, -0.15) is 10.2 Å². The van der Waals surface area contributed by atoms with Crippen LogP contribution in [0.2, 0.25) is 0 Å². The summed E-state index contributed by atoms with van der Waals surface area (Å²) in [7, 11) is 0. The maximum atomic E-state index is 6.41. The van der Waals surface area contributed by atoms with E-state index in [0.29, 0.717) is 5.65 Å². The van der Waals surface area contributed by atoms with Crippen molar-refractivity contribution in [2.45, 2.75) is 0 Å². The number of aromatic amines is 1. The van der Waals surface area contributed by atoms with Crippen molar-refractivity contribution in [2.75, 3.05) is 5.73 Å². The second-order valence-corrected chi connectivity index (χ2v) is 6.19. The molecule has 3 aromatic carbocycles. The summed E-state index contributed by atoms with van der Waals surface area (Å²) in [6.45, 7) is 0. The molecule has 0 bridgehead atoms. The number of hydrogen-bond donors (Lipinski definition) is 2. The van der Waals surface area contributed by atoms with Gasteiger partial charge in [-0.15, -0.1) is 5.10 Å². The van der Waals surface area contributed by atoms with Crippen molar-refractivity contribution in [3.63, 3.8) is 0 Å². The van der Waals surface area contributed by atoms with Crippen LogP contribution >= 0.6 is 0 Å². The van der Waals surface area contributed by atoms with E-state index in [1.54, 1.807) is 12.4 Å². The molecule has 0 aliphatic carbocycles. The van der Waals surface area contributed by atoms with Crippen LogP contribution in [0.1, 0.15) is 0 Å². The number of nitrogens with two attached hydrogens (primary N) is 1. The van der Waals surface area contributed by atoms with Gasteiger partial charge in [-0.3, -0.25) is 5.10 Å². The van der Waals surface area contributed by atoms with Gasteiger partial charge in [0.15, 0.2) is 5.65 Å². The van der Waals surface area contributed by atoms with E-state index in [1.165, 1.54) is 0 Å². The molecule has 0 aliphatic rings. The number of nitrogen functional groups attached to an aromatic ring is 1. The molecule has 0 spiro atoms. The molecular weight excluding hydrogens is 322 g/mol. The maximum Gasteiger partial charge on any atom is 0.178 e. The van der Waals surface area contributed by atoms with E-state index < -0.39 is 0 Å². The SMILES string of the molecule is Nc1ccc2cccc(-c3cnnc4[nH]ncc34)c2c1-c1ccccc1. The molecule has 0 saturated carbocycles. The second kappa shape index (κ2) is 5.67. The Bertz CT molecular complexity index is 1240. The van der Waals surface area contributed by atoms with Crippen molar-refractivity contribution in [2.24, 2.45) is 0 Å². The van der Waals surface area contributed by atoms with Crippen LogP contribution in [0.25, 0.3) is 44.1 Å². The Balaban J connectivity index is 1.93. The lowest BCUT2D eigenvalue weighted by molar-refractivity contribution is 1.02. The first-order valence-electron chi connectivity index (χ1n) is 8.35. The largest absolute Gasteiger partial charge is 0.398 e. The number of aromatic nitrogens is 4. The van der Waals surface area contributed by atoms with Crippen molar-refractivity contribution < 1.29 is 0 Å². The number of nitrogens with zero attached hydrogens (tertiary/aromatic N) is 3. The molecule has 0 atom stereocenters. The molecule has 26 heavy (non-hydrogen) atoms. The van der Waals surface area contributed by atoms with Gasteiger partial charge in [-0.05, 0) is 28.0 Å². The van der Waals surface area contributed by atoms with Gasteiger partial charge < -0.3 is 5.73 Å². The molecule has 0 saturated heterocycles. The molecule has 5 aromatic rings. The average molecular weight is 337 g/mol. The summed E-state index contributed by atoms with van der Waals surface area (Å²) in [5.41, 5.74) is 12.0. The highest BCUT2D eigenvalue weighted by Crippen LogP contribution is 2.40. The van der Waals surface area contributed by atoms with Gasteiger partial charge in [-0.25, -0.2) is 0 Å². The first-order valence-corrected chi connectivity index (χ1v) is 8.35. The van der Waals surface area contributed by atoms with E-state index in [-0.39, 0.29) is 0 Å². The lowest BCUT2D eigenvalue weighted by Gasteiger charge is -2.15. The van der Waals surface area contributed by atoms with Gasteiger partial charge in [-0.1, -0.05) is 54.6 Å². The zero-order valence-electron chi connectivity index (χ0n) is 13.8. The Morgan fingerprint density at radius 3 is 2.58 bits per heavy atom. The van der Waals surface area contributed by atoms with Gasteiger partial charge in [0.05, 0.1) is 17.8 Å². The van der Waals surface area contributed by atoms with Crippen LogP contribution in [0.5, 0.6) is 0 Å². The first-order chi connectivity index (χ1) is 12.8. The fraction of sp³-hybridized carbons (Fsp3) is 0. The summed E-state index contributed by atoms with van der Waals surface area (Å²) in [4.78, 5) is 0. The summed E-state index contributed by atoms with van der Waals surface area (Å²) in [6.07, 6.45) is 3.57. The minimum Gasteiger partial charge on any atom is -0.398 e. The average Bonchev–Trinajstić information content (AvgIpc) is 3.17. The normalized spacial score (nSPS) is 11.2. The Kier molecular flexibility index (Phi) is 3.18. The van der Waals surface area contributed by atoms with E-state index in [0.717, 1.165) is 44.1 Å². The highest BCUT2D eigenvalue weighted by atomic mass is 15.2. The monoisotopic (exact) mass is 337 g/mol. The molecule has 5 heteroatoms. The molecular formula is C21H15N5. The van der Waals surface area contributed by atoms with E-state index in [9.17, 15) is 0 Å². The molecule has 5 nitrogen and oxygen atoms in total. The summed E-state index contributed by atoms with van der Waals surface area (Å²) in [6, 6.07) is 20.5. The van der Waals surface area contributed by atoms with Crippen LogP contribution in [0.15, 0.2) is 73.1 Å². The topological polar surface area (TPSA) is 80.5 Å². The fourth-order valence-electron chi connectivity index (χ4n) is 3.52. The van der Waals surface area contributed by atoms with Crippen molar-refractivity contribution in [3.8, 4) is 22.3 Å². The lowest BCUT2D eigenvalue weighted by Crippen LogP contribution is -1.94. The van der Waals surface area contributed by atoms with Crippen molar-refractivity contribution in [1.29, 1.82) is 0 Å². The van der Waals surface area contributed by atoms with E-state index in [2.05, 4.69) is 56.8 Å². The molecule has 0 fully saturated rings. The minimum absolute atomic E-state index is 0.671. The van der Waals surface area contributed by atoms with Crippen molar-refractivity contribution >= 4 is 27.5 Å². The van der Waals surface area contributed by atoms with Gasteiger partial charge >= 0.3 is 0 Å². The van der Waals surface area contributed by atoms with Gasteiger partial charge in [0.2, 0.25) is 0 Å². The minimum atomic E-state index is 0.671. The molecule has 5 rings (SSSR count). The van der Waals surface area contributed by atoms with Crippen LogP contribution in [0, 0.1) is 0 Å². The number of anilines is 1. The van der Waals surface area contributed by atoms with Crippen molar-refractivity contribution in [1.82, 2.24) is 20.4 Å². The smallest absolute Gasteiger partial charge is 0.178 e. The summed E-state index contributed by atoms with van der Waals surface area (Å²) < 4.78 is 0. The van der Waals surface area contributed by atoms with E-state index >= 15 is 0 Å². The lowest BCUT2D eigenvalue weighted by atomic mass is 9.90. The molecule has 0 radical (unpaired) electrons. The van der Waals surface area contributed by atoms with Crippen LogP contribution in [-0.2, 0) is 0 Å². The highest BCUT2D eigenvalue weighted by Gasteiger charge is 2.15. The summed E-state index contributed by atoms with van der Waals surface area (Å²) in [5.74, 6) is 0. The Morgan fingerprint density at radius 1 is 0.808 bits per heavy atom. The van der Waals surface area contributed by atoms with E-state index in [4.69, 9.17) is 5.73 Å². The zero-order chi connectivity index (χ0) is 17.5. The standard InChI is InChI=1S/C21H15N5/c22-18-10-9-14-7-4-8-15(16-11-23-25-21-17(16)12-24-26-21)19(14)20(18)13-5-2-1-3-6-13/h1-12H,22H2,(H,24,25,26). The van der Waals surface area contributed by atoms with Crippen LogP contribution in [0.3, 0.4) is 0 Å². The highest BCUT2D eigenvalue weighted by molar-refractivity contribution is 6.12. The van der Waals surface area contributed by atoms with Gasteiger partial charge in [0.25, 0.3) is 0 Å². The second-order valence-electron chi connectivity index (χ2n) is 6.19. The Morgan fingerprint density at radius 2 is 1.69 bits per heavy atom. The maximum absolute atomic E-state index is 6.41. The number of H-pyrrole nitrogens is 1. The Labute approximate surface area is 149 Å². The quantitative estimate of drug-likeness (QED) is 0.467. The number of fused-ring (bicyclic) bond motifs is 2. The van der Waals surface area contributed by atoms with Crippen LogP contribution in [-0.4, -0.2) is 20.4 Å². The Hall–Kier alpha value is -3.73. The predicted octanol–water partition coefficient (Wildman–Crippen LogP) is 4.42.